The monoisotopic (exact) mass is 351 g/mol. The Bertz CT molecular complexity index is 560. The third-order valence-corrected chi connectivity index (χ3v) is 4.43. The van der Waals surface area contributed by atoms with Crippen LogP contribution >= 0.6 is 22.6 Å². The average molecular weight is 351 g/mol. The van der Waals surface area contributed by atoms with Gasteiger partial charge in [-0.25, -0.2) is 0 Å². The Morgan fingerprint density at radius 3 is 3.00 bits per heavy atom. The first-order chi connectivity index (χ1) is 8.70. The normalized spacial score (nSPS) is 13.8. The summed E-state index contributed by atoms with van der Waals surface area (Å²) >= 11 is 2.42. The maximum atomic E-state index is 4.42. The van der Waals surface area contributed by atoms with E-state index < -0.39 is 0 Å². The van der Waals surface area contributed by atoms with Crippen LogP contribution in [0.2, 0.25) is 0 Å². The molecule has 94 valence electrons. The Labute approximate surface area is 122 Å². The van der Waals surface area contributed by atoms with Crippen molar-refractivity contribution in [3.05, 3.63) is 51.7 Å². The number of fused-ring (bicyclic) bond motifs is 1. The molecule has 0 aliphatic rings. The lowest BCUT2D eigenvalue weighted by Crippen LogP contribution is -1.92. The Hall–Kier alpha value is -0.900. The van der Waals surface area contributed by atoms with Gasteiger partial charge in [-0.1, -0.05) is 38.1 Å². The van der Waals surface area contributed by atoms with Crippen molar-refractivity contribution in [1.29, 1.82) is 0 Å². The molecule has 0 amide bonds. The van der Waals surface area contributed by atoms with Crippen molar-refractivity contribution >= 4 is 33.5 Å². The maximum Gasteiger partial charge on any atom is 0.0704 e. The number of rotatable bonds is 4. The Balaban J connectivity index is 2.20. The molecule has 0 saturated heterocycles. The molecule has 0 saturated carbocycles. The quantitative estimate of drug-likeness (QED) is 0.667. The van der Waals surface area contributed by atoms with Gasteiger partial charge in [-0.3, -0.25) is 4.98 Å². The summed E-state index contributed by atoms with van der Waals surface area (Å²) in [6.45, 7) is 4.48. The van der Waals surface area contributed by atoms with Crippen molar-refractivity contribution in [2.45, 2.75) is 32.6 Å². The first kappa shape index (κ1) is 13.5. The van der Waals surface area contributed by atoms with Crippen LogP contribution in [0.15, 0.2) is 46.2 Å². The van der Waals surface area contributed by atoms with Gasteiger partial charge in [0.05, 0.1) is 5.52 Å². The molecule has 0 aliphatic heterocycles. The first-order valence-corrected chi connectivity index (χ1v) is 7.47. The van der Waals surface area contributed by atoms with Crippen LogP contribution in [-0.4, -0.2) is 4.98 Å². The second-order valence-electron chi connectivity index (χ2n) is 4.60. The summed E-state index contributed by atoms with van der Waals surface area (Å²) in [5.74, 6) is 0.549. The molecule has 2 heteroatoms. The number of hydrogen-bond acceptors (Lipinski definition) is 1. The van der Waals surface area contributed by atoms with Crippen LogP contribution in [0.3, 0.4) is 0 Å². The number of aromatic nitrogens is 1. The van der Waals surface area contributed by atoms with Gasteiger partial charge in [-0.15, -0.1) is 0 Å². The predicted octanol–water partition coefficient (Wildman–Crippen LogP) is 5.46. The number of allylic oxidation sites excluding steroid dienone is 2. The Morgan fingerprint density at radius 1 is 1.39 bits per heavy atom. The van der Waals surface area contributed by atoms with E-state index in [1.807, 2.05) is 12.3 Å². The molecule has 1 atom stereocenters. The van der Waals surface area contributed by atoms with E-state index >= 15 is 0 Å². The fourth-order valence-electron chi connectivity index (χ4n) is 1.98. The molecule has 1 heterocycles. The molecular formula is C16H18IN. The molecule has 0 bridgehead atoms. The predicted molar refractivity (Wildman–Crippen MR) is 87.2 cm³/mol. The zero-order chi connectivity index (χ0) is 13.0. The van der Waals surface area contributed by atoms with Crippen molar-refractivity contribution in [1.82, 2.24) is 4.98 Å². The van der Waals surface area contributed by atoms with Gasteiger partial charge in [-0.05, 0) is 62.6 Å². The Kier molecular flexibility index (Phi) is 4.75. The lowest BCUT2D eigenvalue weighted by molar-refractivity contribution is 0.779. The summed E-state index contributed by atoms with van der Waals surface area (Å²) in [4.78, 5) is 4.42. The van der Waals surface area contributed by atoms with Crippen molar-refractivity contribution in [2.24, 2.45) is 0 Å². The fraction of sp³-hybridized carbons (Fsp3) is 0.312. The van der Waals surface area contributed by atoms with E-state index in [0.717, 1.165) is 18.4 Å². The van der Waals surface area contributed by atoms with E-state index in [9.17, 15) is 0 Å². The molecule has 18 heavy (non-hydrogen) atoms. The zero-order valence-electron chi connectivity index (χ0n) is 10.9. The zero-order valence-corrected chi connectivity index (χ0v) is 13.0. The van der Waals surface area contributed by atoms with E-state index in [2.05, 4.69) is 71.8 Å². The minimum atomic E-state index is 0.549. The highest BCUT2D eigenvalue weighted by Crippen LogP contribution is 2.24. The summed E-state index contributed by atoms with van der Waals surface area (Å²) in [7, 11) is 0. The van der Waals surface area contributed by atoms with Gasteiger partial charge in [0, 0.05) is 11.6 Å². The molecule has 2 rings (SSSR count). The van der Waals surface area contributed by atoms with Gasteiger partial charge in [0.2, 0.25) is 0 Å². The molecule has 1 unspecified atom stereocenters. The van der Waals surface area contributed by atoms with Crippen LogP contribution in [0.4, 0.5) is 0 Å². The smallest absolute Gasteiger partial charge is 0.0704 e. The van der Waals surface area contributed by atoms with E-state index in [1.165, 1.54) is 14.5 Å². The summed E-state index contributed by atoms with van der Waals surface area (Å²) in [5.41, 5.74) is 2.47. The molecular weight excluding hydrogens is 333 g/mol. The molecule has 1 nitrogen and oxygen atoms in total. The maximum absolute atomic E-state index is 4.42. The third kappa shape index (κ3) is 3.31. The topological polar surface area (TPSA) is 12.9 Å². The summed E-state index contributed by atoms with van der Waals surface area (Å²) in [6, 6.07) is 10.7. The van der Waals surface area contributed by atoms with Crippen LogP contribution in [-0.2, 0) is 0 Å². The van der Waals surface area contributed by atoms with Gasteiger partial charge < -0.3 is 0 Å². The van der Waals surface area contributed by atoms with Crippen molar-refractivity contribution in [2.75, 3.05) is 0 Å². The number of hydrogen-bond donors (Lipinski definition) is 0. The number of benzene rings is 1. The second kappa shape index (κ2) is 6.32. The third-order valence-electron chi connectivity index (χ3n) is 3.23. The van der Waals surface area contributed by atoms with Gasteiger partial charge in [0.15, 0.2) is 0 Å². The molecule has 0 radical (unpaired) electrons. The van der Waals surface area contributed by atoms with Gasteiger partial charge in [-0.2, -0.15) is 0 Å². The van der Waals surface area contributed by atoms with Crippen LogP contribution in [0, 0.1) is 0 Å². The van der Waals surface area contributed by atoms with E-state index in [4.69, 9.17) is 0 Å². The van der Waals surface area contributed by atoms with Crippen molar-refractivity contribution in [3.63, 3.8) is 0 Å². The highest BCUT2D eigenvalue weighted by Gasteiger charge is 2.05. The van der Waals surface area contributed by atoms with Gasteiger partial charge in [0.1, 0.15) is 0 Å². The number of pyridine rings is 1. The molecule has 0 spiro atoms. The van der Waals surface area contributed by atoms with Crippen LogP contribution in [0.5, 0.6) is 0 Å². The molecule has 2 aromatic rings. The molecule has 0 aliphatic carbocycles. The van der Waals surface area contributed by atoms with Crippen LogP contribution in [0.1, 0.15) is 38.2 Å². The van der Waals surface area contributed by atoms with Crippen LogP contribution < -0.4 is 0 Å². The standard InChI is InChI=1S/C16H18IN/c1-3-15(17)9-6-12(2)14-8-7-13-5-4-10-18-16(13)11-14/h4-5,7-12H,3,6H2,1-2H3/b15-9-. The fourth-order valence-corrected chi connectivity index (χ4v) is 2.23. The van der Waals surface area contributed by atoms with Crippen molar-refractivity contribution in [3.8, 4) is 0 Å². The largest absolute Gasteiger partial charge is 0.256 e. The minimum absolute atomic E-state index is 0.549. The van der Waals surface area contributed by atoms with E-state index in [-0.39, 0.29) is 0 Å². The van der Waals surface area contributed by atoms with Gasteiger partial charge in [0.25, 0.3) is 0 Å². The van der Waals surface area contributed by atoms with E-state index in [1.54, 1.807) is 0 Å². The lowest BCUT2D eigenvalue weighted by Gasteiger charge is -2.10. The van der Waals surface area contributed by atoms with E-state index in [0.29, 0.717) is 5.92 Å². The number of halogens is 1. The molecule has 1 aromatic carbocycles. The number of nitrogens with zero attached hydrogens (tertiary/aromatic N) is 1. The van der Waals surface area contributed by atoms with Crippen molar-refractivity contribution < 1.29 is 0 Å². The lowest BCUT2D eigenvalue weighted by atomic mass is 9.96. The molecule has 0 fully saturated rings. The van der Waals surface area contributed by atoms with Gasteiger partial charge >= 0.3 is 0 Å². The summed E-state index contributed by atoms with van der Waals surface area (Å²) in [5, 5.41) is 1.21. The first-order valence-electron chi connectivity index (χ1n) is 6.40. The highest BCUT2D eigenvalue weighted by molar-refractivity contribution is 14.1. The minimum Gasteiger partial charge on any atom is -0.256 e. The second-order valence-corrected chi connectivity index (χ2v) is 5.98. The SMILES string of the molecule is CC/C(I)=C/CC(C)c1ccc2cccnc2c1. The van der Waals surface area contributed by atoms with Crippen LogP contribution in [0.25, 0.3) is 10.9 Å². The molecule has 1 aromatic heterocycles. The highest BCUT2D eigenvalue weighted by atomic mass is 127. The summed E-state index contributed by atoms with van der Waals surface area (Å²) < 4.78 is 1.44. The average Bonchev–Trinajstić information content (AvgIpc) is 2.43. The Morgan fingerprint density at radius 2 is 2.22 bits per heavy atom. The summed E-state index contributed by atoms with van der Waals surface area (Å²) in [6.07, 6.45) is 6.43. The molecule has 0 N–H and O–H groups in total.